The number of nitrogens with zero attached hydrogens (tertiary/aromatic N) is 4. The topological polar surface area (TPSA) is 112 Å². The zero-order chi connectivity index (χ0) is 32.7. The minimum Gasteiger partial charge on any atom is -0.408 e. The van der Waals surface area contributed by atoms with Gasteiger partial charge in [0.15, 0.2) is 37.1 Å². The molecule has 15 heteroatoms. The number of rotatable bonds is 9. The number of aromatic nitrogens is 4. The van der Waals surface area contributed by atoms with Crippen molar-refractivity contribution in [2.45, 2.75) is 82.0 Å². The van der Waals surface area contributed by atoms with Crippen LogP contribution in [0.25, 0.3) is 11.2 Å². The van der Waals surface area contributed by atoms with Crippen molar-refractivity contribution in [3.8, 4) is 0 Å². The molecule has 0 bridgehead atoms. The number of fused-ring (bicyclic) bond motifs is 1. The maximum absolute atomic E-state index is 13.0. The number of anilines is 1. The molecule has 0 aliphatic carbocycles. The molecule has 2 aromatic heterocycles. The molecule has 252 valence electrons. The summed E-state index contributed by atoms with van der Waals surface area (Å²) in [5.74, 6) is 0.0571. The number of amides is 1. The summed E-state index contributed by atoms with van der Waals surface area (Å²) in [5.41, 5.74) is 0.268. The van der Waals surface area contributed by atoms with Crippen LogP contribution in [-0.2, 0) is 25.5 Å². The molecule has 47 heavy (non-hydrogen) atoms. The van der Waals surface area contributed by atoms with Gasteiger partial charge in [-0.3, -0.25) is 14.4 Å². The number of hydrogen-bond acceptors (Lipinski definition) is 9. The molecule has 2 saturated heterocycles. The molecule has 0 radical (unpaired) electrons. The van der Waals surface area contributed by atoms with Crippen molar-refractivity contribution < 1.29 is 18.5 Å². The van der Waals surface area contributed by atoms with Crippen LogP contribution in [0.1, 0.15) is 61.5 Å². The Morgan fingerprint density at radius 1 is 1.11 bits per heavy atom. The first kappa shape index (κ1) is 36.2. The molecule has 2 aliphatic heterocycles. The fourth-order valence-electron chi connectivity index (χ4n) is 5.48. The molecule has 1 amide bonds. The smallest absolute Gasteiger partial charge is 0.256 e. The average molecular weight is 731 g/mol. The number of nitrogens with one attached hydrogen (secondary N) is 2. The van der Waals surface area contributed by atoms with E-state index < -0.39 is 26.3 Å². The minimum atomic E-state index is -2.48. The Morgan fingerprint density at radius 3 is 2.45 bits per heavy atom. The van der Waals surface area contributed by atoms with Crippen LogP contribution in [0.2, 0.25) is 18.1 Å². The van der Waals surface area contributed by atoms with Gasteiger partial charge >= 0.3 is 0 Å². The summed E-state index contributed by atoms with van der Waals surface area (Å²) >= 11 is 7.93. The number of carbonyl (C=O) groups excluding carboxylic acids is 1. The molecule has 2 fully saturated rings. The van der Waals surface area contributed by atoms with E-state index in [0.29, 0.717) is 29.2 Å². The lowest BCUT2D eigenvalue weighted by molar-refractivity contribution is -0.0321. The predicted octanol–water partition coefficient (Wildman–Crippen LogP) is 7.58. The van der Waals surface area contributed by atoms with Crippen molar-refractivity contribution in [1.82, 2.24) is 24.6 Å². The highest BCUT2D eigenvalue weighted by molar-refractivity contribution is 8.69. The summed E-state index contributed by atoms with van der Waals surface area (Å²) in [7, 11) is -2.31. The van der Waals surface area contributed by atoms with Crippen molar-refractivity contribution in [3.63, 3.8) is 0 Å². The zero-order valence-electron chi connectivity index (χ0n) is 27.4. The molecule has 2 aromatic carbocycles. The molecule has 2 N–H and O–H groups in total. The van der Waals surface area contributed by atoms with Gasteiger partial charge in [-0.05, 0) is 54.1 Å². The maximum Gasteiger partial charge on any atom is 0.256 e. The second kappa shape index (κ2) is 14.4. The summed E-state index contributed by atoms with van der Waals surface area (Å²) < 4.78 is 22.3. The minimum absolute atomic E-state index is 0. The van der Waals surface area contributed by atoms with Gasteiger partial charge in [-0.25, -0.2) is 15.0 Å². The van der Waals surface area contributed by atoms with Crippen LogP contribution in [0.15, 0.2) is 73.3 Å². The summed E-state index contributed by atoms with van der Waals surface area (Å²) in [5, 5.41) is 6.81. The van der Waals surface area contributed by atoms with Crippen LogP contribution >= 0.6 is 30.5 Å². The van der Waals surface area contributed by atoms with Crippen LogP contribution < -0.4 is 10.4 Å². The van der Waals surface area contributed by atoms with E-state index in [4.69, 9.17) is 25.5 Å². The molecule has 0 saturated carbocycles. The highest BCUT2D eigenvalue weighted by Crippen LogP contribution is 2.68. The van der Waals surface area contributed by atoms with Gasteiger partial charge in [-0.1, -0.05) is 87.6 Å². The third kappa shape index (κ3) is 7.56. The van der Waals surface area contributed by atoms with E-state index >= 15 is 0 Å². The molecule has 10 nitrogen and oxygen atoms in total. The Balaban J connectivity index is 0.00000433. The standard InChI is InChI=1S/C32H41N6O4PS2Si.H2S/c1-7-23-25(37-43(44)40-18-24(45-43)21-14-10-8-11-15-21)27(42-46(5,6)32(2,3)4)31(41-23)38-20-35-26-28(33-19-34-29(26)38)36-30(39)22-16-12-9-13-17-22;/h8-17,19-20,23-25,27,31H,7,18H2,1-6H3,(H,37,44)(H,33,34,36,39);1H2/t23-,24+,25-,27-,31-,43+;/m1./s1. The van der Waals surface area contributed by atoms with Gasteiger partial charge < -0.3 is 19.0 Å². The molecule has 4 aromatic rings. The number of imidazole rings is 1. The van der Waals surface area contributed by atoms with Crippen LogP contribution in [0.5, 0.6) is 0 Å². The molecular formula is C32H43N6O4PS3Si. The molecule has 2 aliphatic rings. The second-order valence-electron chi connectivity index (χ2n) is 13.1. The lowest BCUT2D eigenvalue weighted by Gasteiger charge is -2.41. The predicted molar refractivity (Wildman–Crippen MR) is 200 cm³/mol. The Bertz CT molecular complexity index is 1740. The van der Waals surface area contributed by atoms with Gasteiger partial charge in [0.1, 0.15) is 12.4 Å². The summed E-state index contributed by atoms with van der Waals surface area (Å²) in [6, 6.07) is 19.2. The molecule has 4 heterocycles. The number of ether oxygens (including phenoxy) is 1. The van der Waals surface area contributed by atoms with Crippen molar-refractivity contribution in [3.05, 3.63) is 84.4 Å². The number of hydrogen-bond donors (Lipinski definition) is 2. The van der Waals surface area contributed by atoms with Gasteiger partial charge in [-0.15, -0.1) is 0 Å². The lowest BCUT2D eigenvalue weighted by Crippen LogP contribution is -2.51. The molecule has 0 unspecified atom stereocenters. The summed E-state index contributed by atoms with van der Waals surface area (Å²) in [4.78, 5) is 26.6. The van der Waals surface area contributed by atoms with Crippen molar-refractivity contribution >= 4 is 73.5 Å². The van der Waals surface area contributed by atoms with Crippen molar-refractivity contribution in [1.29, 1.82) is 0 Å². The van der Waals surface area contributed by atoms with Gasteiger partial charge in [0.05, 0.1) is 30.3 Å². The van der Waals surface area contributed by atoms with E-state index in [1.54, 1.807) is 29.8 Å². The second-order valence-corrected chi connectivity index (χ2v) is 24.6. The molecular weight excluding hydrogens is 688 g/mol. The van der Waals surface area contributed by atoms with E-state index in [1.807, 2.05) is 41.0 Å². The third-order valence-electron chi connectivity index (χ3n) is 9.03. The quantitative estimate of drug-likeness (QED) is 0.132. The fraction of sp³-hybridized carbons (Fsp3) is 0.438. The number of carbonyl (C=O) groups is 1. The van der Waals surface area contributed by atoms with Crippen LogP contribution in [-0.4, -0.2) is 58.6 Å². The summed E-state index contributed by atoms with van der Waals surface area (Å²) in [6.07, 6.45) is 2.73. The molecule has 0 spiro atoms. The summed E-state index contributed by atoms with van der Waals surface area (Å²) in [6.45, 7) is 13.8. The first-order chi connectivity index (χ1) is 21.9. The Kier molecular flexibility index (Phi) is 11.1. The molecule has 6 rings (SSSR count). The third-order valence-corrected chi connectivity index (χ3v) is 19.2. The Morgan fingerprint density at radius 2 is 1.79 bits per heavy atom. The van der Waals surface area contributed by atoms with Crippen LogP contribution in [0, 0.1) is 0 Å². The van der Waals surface area contributed by atoms with Crippen LogP contribution in [0.3, 0.4) is 0 Å². The average Bonchev–Trinajstić information content (AvgIpc) is 3.73. The van der Waals surface area contributed by atoms with Crippen molar-refractivity contribution in [2.24, 2.45) is 0 Å². The van der Waals surface area contributed by atoms with E-state index in [1.165, 1.54) is 11.9 Å². The van der Waals surface area contributed by atoms with Gasteiger partial charge in [0.25, 0.3) is 5.91 Å². The normalized spacial score (nSPS) is 26.3. The highest BCUT2D eigenvalue weighted by Gasteiger charge is 2.52. The number of benzene rings is 2. The van der Waals surface area contributed by atoms with Gasteiger partial charge in [0.2, 0.25) is 0 Å². The first-order valence-electron chi connectivity index (χ1n) is 15.5. The van der Waals surface area contributed by atoms with Gasteiger partial charge in [-0.2, -0.15) is 13.5 Å². The van der Waals surface area contributed by atoms with E-state index in [2.05, 4.69) is 78.3 Å². The van der Waals surface area contributed by atoms with E-state index in [0.717, 1.165) is 6.42 Å². The maximum atomic E-state index is 13.0. The van der Waals surface area contributed by atoms with Crippen molar-refractivity contribution in [2.75, 3.05) is 11.9 Å². The Labute approximate surface area is 293 Å². The Hall–Kier alpha value is -2.13. The van der Waals surface area contributed by atoms with E-state index in [9.17, 15) is 4.79 Å². The first-order valence-corrected chi connectivity index (χ1v) is 22.6. The largest absolute Gasteiger partial charge is 0.408 e. The van der Waals surface area contributed by atoms with E-state index in [-0.39, 0.29) is 41.8 Å². The fourth-order valence-corrected chi connectivity index (χ4v) is 12.8. The highest BCUT2D eigenvalue weighted by atomic mass is 32.9. The molecule has 6 atom stereocenters. The van der Waals surface area contributed by atoms with Crippen LogP contribution in [0.4, 0.5) is 5.82 Å². The monoisotopic (exact) mass is 730 g/mol. The lowest BCUT2D eigenvalue weighted by atomic mass is 10.1. The van der Waals surface area contributed by atoms with Gasteiger partial charge in [0, 0.05) is 5.56 Å². The SMILES string of the molecule is CC[C@H]1O[C@@H](n2cnc3c(NC(=O)c4ccccc4)ncnc32)[C@H](O[Si](C)(C)C(C)(C)C)[C@@H]1N[P@@]1(=S)OC[C@@H](c2ccccc2)S1.S. The zero-order valence-corrected chi connectivity index (χ0v) is 31.9.